The van der Waals surface area contributed by atoms with Crippen molar-refractivity contribution < 1.29 is 4.74 Å². The van der Waals surface area contributed by atoms with E-state index in [1.54, 1.807) is 0 Å². The summed E-state index contributed by atoms with van der Waals surface area (Å²) in [5.41, 5.74) is 6.53. The molecule has 1 saturated heterocycles. The predicted octanol–water partition coefficient (Wildman–Crippen LogP) is 3.21. The van der Waals surface area contributed by atoms with Gasteiger partial charge in [-0.2, -0.15) is 0 Å². The first-order chi connectivity index (χ1) is 10.2. The third kappa shape index (κ3) is 4.97. The first kappa shape index (κ1) is 16.2. The molecule has 1 aromatic carbocycles. The number of hydrogen-bond acceptors (Lipinski definition) is 3. The topological polar surface area (TPSA) is 38.5 Å². The lowest BCUT2D eigenvalue weighted by Crippen LogP contribution is -2.34. The Labute approximate surface area is 133 Å². The number of likely N-dealkylation sites (tertiary alicyclic amines) is 1. The van der Waals surface area contributed by atoms with Crippen molar-refractivity contribution in [1.29, 1.82) is 0 Å². The maximum absolute atomic E-state index is 5.84. The third-order valence-corrected chi connectivity index (χ3v) is 4.53. The molecule has 0 atom stereocenters. The molecular formula is C17H26N2OS. The fourth-order valence-corrected chi connectivity index (χ4v) is 3.05. The van der Waals surface area contributed by atoms with Crippen LogP contribution in [0.3, 0.4) is 0 Å². The minimum atomic E-state index is 0.396. The Morgan fingerprint density at radius 3 is 2.71 bits per heavy atom. The van der Waals surface area contributed by atoms with E-state index < -0.39 is 0 Å². The zero-order valence-corrected chi connectivity index (χ0v) is 13.7. The molecule has 0 spiro atoms. The standard InChI is InChI=1S/C17H26N2OS/c1-2-14-8-11-19(12-9-14)10-5-13-20-16-7-4-3-6-15(16)17(18)21/h3-4,6-7,14H,2,5,8-13H2,1H3,(H2,18,21). The average Bonchev–Trinajstić information content (AvgIpc) is 2.52. The van der Waals surface area contributed by atoms with Gasteiger partial charge in [0.1, 0.15) is 10.7 Å². The number of rotatable bonds is 7. The van der Waals surface area contributed by atoms with Crippen molar-refractivity contribution in [2.45, 2.75) is 32.6 Å². The lowest BCUT2D eigenvalue weighted by atomic mass is 9.94. The van der Waals surface area contributed by atoms with Crippen LogP contribution in [0, 0.1) is 5.92 Å². The molecule has 0 aliphatic carbocycles. The van der Waals surface area contributed by atoms with Gasteiger partial charge in [-0.15, -0.1) is 0 Å². The second-order valence-electron chi connectivity index (χ2n) is 5.76. The van der Waals surface area contributed by atoms with Crippen molar-refractivity contribution >= 4 is 17.2 Å². The van der Waals surface area contributed by atoms with E-state index in [1.807, 2.05) is 24.3 Å². The zero-order valence-electron chi connectivity index (χ0n) is 12.9. The maximum atomic E-state index is 5.84. The normalized spacial score (nSPS) is 16.8. The molecule has 4 heteroatoms. The van der Waals surface area contributed by atoms with Gasteiger partial charge in [-0.25, -0.2) is 0 Å². The zero-order chi connectivity index (χ0) is 15.1. The summed E-state index contributed by atoms with van der Waals surface area (Å²) in [6.45, 7) is 6.61. The number of nitrogens with zero attached hydrogens (tertiary/aromatic N) is 1. The second kappa shape index (κ2) is 8.35. The maximum Gasteiger partial charge on any atom is 0.129 e. The Kier molecular flexibility index (Phi) is 6.46. The minimum Gasteiger partial charge on any atom is -0.493 e. The summed E-state index contributed by atoms with van der Waals surface area (Å²) in [5, 5.41) is 0. The summed E-state index contributed by atoms with van der Waals surface area (Å²) in [4.78, 5) is 2.95. The lowest BCUT2D eigenvalue weighted by Gasteiger charge is -2.31. The molecule has 1 fully saturated rings. The van der Waals surface area contributed by atoms with Gasteiger partial charge in [-0.05, 0) is 50.4 Å². The van der Waals surface area contributed by atoms with Crippen LogP contribution >= 0.6 is 12.2 Å². The number of thiocarbonyl (C=S) groups is 1. The van der Waals surface area contributed by atoms with E-state index in [0.29, 0.717) is 11.6 Å². The molecule has 0 aromatic heterocycles. The molecule has 2 rings (SSSR count). The van der Waals surface area contributed by atoms with Crippen molar-refractivity contribution in [3.8, 4) is 5.75 Å². The van der Waals surface area contributed by atoms with Crippen LogP contribution in [0.25, 0.3) is 0 Å². The van der Waals surface area contributed by atoms with Gasteiger partial charge in [0.15, 0.2) is 0 Å². The molecule has 116 valence electrons. The first-order valence-electron chi connectivity index (χ1n) is 7.94. The number of hydrogen-bond donors (Lipinski definition) is 1. The minimum absolute atomic E-state index is 0.396. The Hall–Kier alpha value is -1.13. The number of nitrogens with two attached hydrogens (primary N) is 1. The van der Waals surface area contributed by atoms with Gasteiger partial charge in [0, 0.05) is 6.54 Å². The van der Waals surface area contributed by atoms with E-state index >= 15 is 0 Å². The number of piperidine rings is 1. The third-order valence-electron chi connectivity index (χ3n) is 4.31. The number of benzene rings is 1. The molecular weight excluding hydrogens is 280 g/mol. The molecule has 1 aromatic rings. The summed E-state index contributed by atoms with van der Waals surface area (Å²) in [6, 6.07) is 7.72. The summed E-state index contributed by atoms with van der Waals surface area (Å²) in [7, 11) is 0. The Morgan fingerprint density at radius 1 is 1.33 bits per heavy atom. The van der Waals surface area contributed by atoms with Gasteiger partial charge >= 0.3 is 0 Å². The summed E-state index contributed by atoms with van der Waals surface area (Å²) in [6.07, 6.45) is 5.07. The first-order valence-corrected chi connectivity index (χ1v) is 8.35. The van der Waals surface area contributed by atoms with Gasteiger partial charge in [-0.1, -0.05) is 37.7 Å². The number of para-hydroxylation sites is 1. The summed E-state index contributed by atoms with van der Waals surface area (Å²) < 4.78 is 5.84. The van der Waals surface area contributed by atoms with Crippen molar-refractivity contribution in [2.75, 3.05) is 26.2 Å². The molecule has 0 saturated carbocycles. The Morgan fingerprint density at radius 2 is 2.05 bits per heavy atom. The summed E-state index contributed by atoms with van der Waals surface area (Å²) in [5.74, 6) is 1.74. The molecule has 0 unspecified atom stereocenters. The van der Waals surface area contributed by atoms with E-state index in [-0.39, 0.29) is 0 Å². The number of ether oxygens (including phenoxy) is 1. The van der Waals surface area contributed by atoms with Crippen LogP contribution in [-0.4, -0.2) is 36.1 Å². The van der Waals surface area contributed by atoms with Gasteiger partial charge in [0.2, 0.25) is 0 Å². The van der Waals surface area contributed by atoms with E-state index in [1.165, 1.54) is 32.4 Å². The fraction of sp³-hybridized carbons (Fsp3) is 0.588. The van der Waals surface area contributed by atoms with Crippen molar-refractivity contribution in [1.82, 2.24) is 4.90 Å². The highest BCUT2D eigenvalue weighted by Crippen LogP contribution is 2.20. The second-order valence-corrected chi connectivity index (χ2v) is 6.20. The largest absolute Gasteiger partial charge is 0.493 e. The van der Waals surface area contributed by atoms with Crippen molar-refractivity contribution in [2.24, 2.45) is 11.7 Å². The molecule has 1 heterocycles. The average molecular weight is 306 g/mol. The molecule has 3 nitrogen and oxygen atoms in total. The molecule has 1 aliphatic heterocycles. The van der Waals surface area contributed by atoms with Gasteiger partial charge < -0.3 is 15.4 Å². The summed E-state index contributed by atoms with van der Waals surface area (Å²) >= 11 is 5.04. The quantitative estimate of drug-likeness (QED) is 0.620. The highest BCUT2D eigenvalue weighted by Gasteiger charge is 2.17. The van der Waals surface area contributed by atoms with Crippen LogP contribution in [0.2, 0.25) is 0 Å². The molecule has 21 heavy (non-hydrogen) atoms. The van der Waals surface area contributed by atoms with E-state index in [4.69, 9.17) is 22.7 Å². The highest BCUT2D eigenvalue weighted by atomic mass is 32.1. The van der Waals surface area contributed by atoms with Crippen LogP contribution in [0.1, 0.15) is 38.2 Å². The molecule has 0 radical (unpaired) electrons. The van der Waals surface area contributed by atoms with Gasteiger partial charge in [-0.3, -0.25) is 0 Å². The highest BCUT2D eigenvalue weighted by molar-refractivity contribution is 7.80. The smallest absolute Gasteiger partial charge is 0.129 e. The predicted molar refractivity (Wildman–Crippen MR) is 91.9 cm³/mol. The molecule has 0 bridgehead atoms. The van der Waals surface area contributed by atoms with Crippen LogP contribution in [0.5, 0.6) is 5.75 Å². The molecule has 1 aliphatic rings. The molecule has 0 amide bonds. The van der Waals surface area contributed by atoms with E-state index in [0.717, 1.165) is 30.2 Å². The van der Waals surface area contributed by atoms with Crippen LogP contribution in [-0.2, 0) is 0 Å². The van der Waals surface area contributed by atoms with Gasteiger partial charge in [0.05, 0.1) is 12.2 Å². The van der Waals surface area contributed by atoms with Gasteiger partial charge in [0.25, 0.3) is 0 Å². The molecule has 2 N–H and O–H groups in total. The lowest BCUT2D eigenvalue weighted by molar-refractivity contribution is 0.169. The van der Waals surface area contributed by atoms with E-state index in [9.17, 15) is 0 Å². The van der Waals surface area contributed by atoms with E-state index in [2.05, 4.69) is 11.8 Å². The monoisotopic (exact) mass is 306 g/mol. The van der Waals surface area contributed by atoms with Crippen LogP contribution < -0.4 is 10.5 Å². The fourth-order valence-electron chi connectivity index (χ4n) is 2.88. The van der Waals surface area contributed by atoms with Crippen molar-refractivity contribution in [3.63, 3.8) is 0 Å². The van der Waals surface area contributed by atoms with Crippen molar-refractivity contribution in [3.05, 3.63) is 29.8 Å². The Balaban J connectivity index is 1.70. The SMILES string of the molecule is CCC1CCN(CCCOc2ccccc2C(N)=S)CC1. The van der Waals surface area contributed by atoms with Crippen LogP contribution in [0.4, 0.5) is 0 Å². The van der Waals surface area contributed by atoms with Crippen LogP contribution in [0.15, 0.2) is 24.3 Å². The Bertz CT molecular complexity index is 456.